The number of carbonyl (C=O) groups is 2. The van der Waals surface area contributed by atoms with Gasteiger partial charge in [-0.1, -0.05) is 24.3 Å². The highest BCUT2D eigenvalue weighted by molar-refractivity contribution is 7.89. The Hall–Kier alpha value is -2.71. The Kier molecular flexibility index (Phi) is 5.87. The number of amides is 2. The Morgan fingerprint density at radius 3 is 2.53 bits per heavy atom. The minimum atomic E-state index is -3.82. The van der Waals surface area contributed by atoms with E-state index in [-0.39, 0.29) is 29.3 Å². The van der Waals surface area contributed by atoms with Gasteiger partial charge in [-0.2, -0.15) is 0 Å². The number of anilines is 1. The summed E-state index contributed by atoms with van der Waals surface area (Å²) in [6.07, 6.45) is 4.14. The Balaban J connectivity index is 1.36. The molecule has 0 bridgehead atoms. The highest BCUT2D eigenvalue weighted by Crippen LogP contribution is 2.29. The minimum Gasteiger partial charge on any atom is -0.348 e. The van der Waals surface area contributed by atoms with Gasteiger partial charge in [-0.25, -0.2) is 13.1 Å². The maximum Gasteiger partial charge on any atom is 0.241 e. The number of aryl methyl sites for hydroxylation is 1. The highest BCUT2D eigenvalue weighted by atomic mass is 32.2. The lowest BCUT2D eigenvalue weighted by Gasteiger charge is -2.26. The molecule has 2 N–H and O–H groups in total. The molecule has 1 fully saturated rings. The van der Waals surface area contributed by atoms with Crippen molar-refractivity contribution in [3.63, 3.8) is 0 Å². The van der Waals surface area contributed by atoms with Crippen molar-refractivity contribution in [2.75, 3.05) is 18.0 Å². The van der Waals surface area contributed by atoms with E-state index < -0.39 is 10.0 Å². The molecule has 0 saturated carbocycles. The van der Waals surface area contributed by atoms with Gasteiger partial charge in [0, 0.05) is 18.7 Å². The highest BCUT2D eigenvalue weighted by Gasteiger charge is 2.24. The molecule has 1 heterocycles. The van der Waals surface area contributed by atoms with Crippen molar-refractivity contribution in [1.29, 1.82) is 0 Å². The van der Waals surface area contributed by atoms with Crippen LogP contribution in [0.2, 0.25) is 0 Å². The minimum absolute atomic E-state index is 0.0460. The average Bonchev–Trinajstić information content (AvgIpc) is 3.19. The van der Waals surface area contributed by atoms with Crippen LogP contribution in [0.3, 0.4) is 0 Å². The number of nitrogens with zero attached hydrogens (tertiary/aromatic N) is 1. The molecule has 0 aromatic heterocycles. The first-order valence-corrected chi connectivity index (χ1v) is 11.7. The van der Waals surface area contributed by atoms with E-state index in [9.17, 15) is 18.0 Å². The van der Waals surface area contributed by atoms with Crippen LogP contribution in [0.4, 0.5) is 5.69 Å². The molecule has 4 rings (SSSR count). The smallest absolute Gasteiger partial charge is 0.241 e. The molecule has 0 radical (unpaired) electrons. The molecule has 0 spiro atoms. The molecule has 2 aliphatic rings. The monoisotopic (exact) mass is 427 g/mol. The molecule has 30 heavy (non-hydrogen) atoms. The van der Waals surface area contributed by atoms with Crippen LogP contribution in [0.1, 0.15) is 42.9 Å². The summed E-state index contributed by atoms with van der Waals surface area (Å²) in [6.45, 7) is 0.320. The van der Waals surface area contributed by atoms with Crippen LogP contribution >= 0.6 is 0 Å². The van der Waals surface area contributed by atoms with Crippen molar-refractivity contribution in [2.45, 2.75) is 43.0 Å². The summed E-state index contributed by atoms with van der Waals surface area (Å²) in [5, 5.41) is 2.94. The number of nitrogens with one attached hydrogen (secondary N) is 2. The molecule has 1 aliphatic heterocycles. The maximum atomic E-state index is 12.6. The van der Waals surface area contributed by atoms with Crippen LogP contribution in [-0.4, -0.2) is 33.3 Å². The normalized spacial score (nSPS) is 18.9. The Morgan fingerprint density at radius 2 is 1.80 bits per heavy atom. The van der Waals surface area contributed by atoms with E-state index in [0.29, 0.717) is 18.7 Å². The van der Waals surface area contributed by atoms with E-state index in [1.807, 2.05) is 18.2 Å². The summed E-state index contributed by atoms with van der Waals surface area (Å²) in [5.74, 6) is -0.316. The van der Waals surface area contributed by atoms with Gasteiger partial charge in [-0.05, 0) is 61.1 Å². The largest absolute Gasteiger partial charge is 0.348 e. The van der Waals surface area contributed by atoms with Gasteiger partial charge in [0.1, 0.15) is 0 Å². The zero-order chi connectivity index (χ0) is 21.1. The van der Waals surface area contributed by atoms with E-state index >= 15 is 0 Å². The standard InChI is InChI=1S/C22H25N3O4S/c26-21(24-20-8-3-6-16-5-1-2-7-19(16)20)15-23-30(28,29)18-12-10-17(11-13-18)25-14-4-9-22(25)27/h1-2,5,7,10-13,20,23H,3-4,6,8-9,14-15H2,(H,24,26)/t20-/m0/s1. The van der Waals surface area contributed by atoms with Gasteiger partial charge in [0.2, 0.25) is 21.8 Å². The molecule has 2 aromatic rings. The molecule has 7 nitrogen and oxygen atoms in total. The van der Waals surface area contributed by atoms with Crippen LogP contribution in [0.25, 0.3) is 0 Å². The second-order valence-corrected chi connectivity index (χ2v) is 9.45. The van der Waals surface area contributed by atoms with Crippen LogP contribution in [0.5, 0.6) is 0 Å². The van der Waals surface area contributed by atoms with Gasteiger partial charge >= 0.3 is 0 Å². The number of hydrogen-bond donors (Lipinski definition) is 2. The van der Waals surface area contributed by atoms with Crippen molar-refractivity contribution < 1.29 is 18.0 Å². The lowest BCUT2D eigenvalue weighted by molar-refractivity contribution is -0.121. The van der Waals surface area contributed by atoms with E-state index in [1.54, 1.807) is 17.0 Å². The first kappa shape index (κ1) is 20.6. The number of hydrogen-bond acceptors (Lipinski definition) is 4. The van der Waals surface area contributed by atoms with Crippen molar-refractivity contribution in [3.8, 4) is 0 Å². The van der Waals surface area contributed by atoms with E-state index in [0.717, 1.165) is 31.2 Å². The molecular weight excluding hydrogens is 402 g/mol. The number of carbonyl (C=O) groups excluding carboxylic acids is 2. The van der Waals surface area contributed by atoms with Crippen molar-refractivity contribution >= 4 is 27.5 Å². The molecule has 158 valence electrons. The van der Waals surface area contributed by atoms with Gasteiger partial charge in [0.15, 0.2) is 0 Å². The summed E-state index contributed by atoms with van der Waals surface area (Å²) in [6, 6.07) is 14.1. The fourth-order valence-corrected chi connectivity index (χ4v) is 5.10. The Labute approximate surface area is 176 Å². The summed E-state index contributed by atoms with van der Waals surface area (Å²) in [5.41, 5.74) is 3.02. The third-order valence-electron chi connectivity index (χ3n) is 5.66. The van der Waals surface area contributed by atoms with Crippen molar-refractivity contribution in [2.24, 2.45) is 0 Å². The van der Waals surface area contributed by atoms with Gasteiger partial charge in [0.05, 0.1) is 17.5 Å². The van der Waals surface area contributed by atoms with Gasteiger partial charge in [-0.15, -0.1) is 0 Å². The fraction of sp³-hybridized carbons (Fsp3) is 0.364. The summed E-state index contributed by atoms with van der Waals surface area (Å²) < 4.78 is 27.5. The molecule has 0 unspecified atom stereocenters. The topological polar surface area (TPSA) is 95.6 Å². The summed E-state index contributed by atoms with van der Waals surface area (Å²) in [4.78, 5) is 25.9. The summed E-state index contributed by atoms with van der Waals surface area (Å²) >= 11 is 0. The number of sulfonamides is 1. The lowest BCUT2D eigenvalue weighted by Crippen LogP contribution is -2.39. The molecule has 2 amide bonds. The van der Waals surface area contributed by atoms with Gasteiger partial charge in [-0.3, -0.25) is 9.59 Å². The SMILES string of the molecule is O=C(CNS(=O)(=O)c1ccc(N2CCCC2=O)cc1)N[C@H]1CCCc2ccccc21. The van der Waals surface area contributed by atoms with Crippen LogP contribution in [0.15, 0.2) is 53.4 Å². The van der Waals surface area contributed by atoms with Crippen LogP contribution in [0, 0.1) is 0 Å². The van der Waals surface area contributed by atoms with E-state index in [1.165, 1.54) is 17.7 Å². The third kappa shape index (κ3) is 4.39. The second kappa shape index (κ2) is 8.57. The lowest BCUT2D eigenvalue weighted by atomic mass is 9.88. The van der Waals surface area contributed by atoms with E-state index in [4.69, 9.17) is 0 Å². The van der Waals surface area contributed by atoms with Gasteiger partial charge in [0.25, 0.3) is 0 Å². The number of rotatable bonds is 6. The van der Waals surface area contributed by atoms with Crippen molar-refractivity contribution in [3.05, 3.63) is 59.7 Å². The Bertz CT molecular complexity index is 1050. The van der Waals surface area contributed by atoms with E-state index in [2.05, 4.69) is 16.1 Å². The second-order valence-electron chi connectivity index (χ2n) is 7.68. The maximum absolute atomic E-state index is 12.6. The van der Waals surface area contributed by atoms with Crippen LogP contribution in [-0.2, 0) is 26.0 Å². The molecule has 2 aromatic carbocycles. The number of fused-ring (bicyclic) bond motifs is 1. The predicted octanol–water partition coefficient (Wildman–Crippen LogP) is 2.29. The molecule has 1 saturated heterocycles. The Morgan fingerprint density at radius 1 is 1.03 bits per heavy atom. The molecule has 1 aliphatic carbocycles. The quantitative estimate of drug-likeness (QED) is 0.739. The van der Waals surface area contributed by atoms with Crippen LogP contribution < -0.4 is 14.9 Å². The average molecular weight is 428 g/mol. The third-order valence-corrected chi connectivity index (χ3v) is 7.08. The first-order valence-electron chi connectivity index (χ1n) is 10.2. The first-order chi connectivity index (χ1) is 14.4. The summed E-state index contributed by atoms with van der Waals surface area (Å²) in [7, 11) is -3.82. The molecule has 1 atom stereocenters. The zero-order valence-corrected chi connectivity index (χ0v) is 17.5. The van der Waals surface area contributed by atoms with Gasteiger partial charge < -0.3 is 10.2 Å². The fourth-order valence-electron chi connectivity index (χ4n) is 4.12. The predicted molar refractivity (Wildman–Crippen MR) is 113 cm³/mol. The molecule has 8 heteroatoms. The van der Waals surface area contributed by atoms with Crippen molar-refractivity contribution in [1.82, 2.24) is 10.0 Å². The zero-order valence-electron chi connectivity index (χ0n) is 16.6. The number of benzene rings is 2. The molecular formula is C22H25N3O4S.